The summed E-state index contributed by atoms with van der Waals surface area (Å²) in [4.78, 5) is 14.6. The molecule has 0 saturated carbocycles. The van der Waals surface area contributed by atoms with Gasteiger partial charge in [-0.3, -0.25) is 4.79 Å². The van der Waals surface area contributed by atoms with Crippen LogP contribution in [-0.4, -0.2) is 32.7 Å². The van der Waals surface area contributed by atoms with Crippen LogP contribution in [0.3, 0.4) is 0 Å². The third-order valence-corrected chi connectivity index (χ3v) is 8.53. The Balaban J connectivity index is 1.56. The number of nitrogens with one attached hydrogen (secondary N) is 1. The van der Waals surface area contributed by atoms with Gasteiger partial charge in [-0.2, -0.15) is 0 Å². The zero-order chi connectivity index (χ0) is 31.4. The normalized spacial score (nSPS) is 13.2. The first kappa shape index (κ1) is 30.9. The van der Waals surface area contributed by atoms with E-state index < -0.39 is 5.60 Å². The topological polar surface area (TPSA) is 88.4 Å². The molecule has 0 fully saturated rings. The molecule has 1 atom stereocenters. The third kappa shape index (κ3) is 5.95. The van der Waals surface area contributed by atoms with Crippen LogP contribution in [0.1, 0.15) is 22.4 Å². The first-order valence-corrected chi connectivity index (χ1v) is 14.9. The predicted molar refractivity (Wildman–Crippen MR) is 180 cm³/mol. The third-order valence-electron chi connectivity index (χ3n) is 8.29. The highest BCUT2D eigenvalue weighted by Crippen LogP contribution is 2.40. The lowest BCUT2D eigenvalue weighted by Gasteiger charge is -2.36. The average molecular weight is 608 g/mol. The summed E-state index contributed by atoms with van der Waals surface area (Å²) in [6.45, 7) is 5.45. The second kappa shape index (κ2) is 13.0. The van der Waals surface area contributed by atoms with Gasteiger partial charge in [-0.05, 0) is 70.4 Å². The van der Waals surface area contributed by atoms with Gasteiger partial charge in [0.05, 0.1) is 11.2 Å². The van der Waals surface area contributed by atoms with Crippen molar-refractivity contribution in [1.29, 1.82) is 0 Å². The predicted octanol–water partition coefficient (Wildman–Crippen LogP) is 5.64. The molecule has 5 aromatic rings. The molecule has 0 bridgehead atoms. The van der Waals surface area contributed by atoms with Crippen molar-refractivity contribution in [2.24, 2.45) is 19.8 Å². The Morgan fingerprint density at radius 1 is 1.05 bits per heavy atom. The number of aryl methyl sites for hydroxylation is 2. The minimum Gasteiger partial charge on any atom is -0.403 e. The number of likely N-dealkylation sites (N-methyl/N-ethyl adjacent to an activating group) is 1. The SMILES string of the molecule is C=CN(C)/C(=C\N)C(O)(c1ccc(CNCCc2cccn2C)cc1)c1ccc2c(c1)c(-c1cccc(Cl)c1)cc(=O)n2C. The van der Waals surface area contributed by atoms with E-state index in [9.17, 15) is 9.90 Å². The lowest BCUT2D eigenvalue weighted by Crippen LogP contribution is -2.37. The number of fused-ring (bicyclic) bond motifs is 1. The van der Waals surface area contributed by atoms with E-state index in [1.807, 2.05) is 60.7 Å². The summed E-state index contributed by atoms with van der Waals surface area (Å²) in [7, 11) is 5.59. The molecule has 3 aromatic carbocycles. The van der Waals surface area contributed by atoms with Crippen molar-refractivity contribution in [3.63, 3.8) is 0 Å². The second-order valence-electron chi connectivity index (χ2n) is 11.0. The highest BCUT2D eigenvalue weighted by Gasteiger charge is 2.38. The maximum absolute atomic E-state index is 12.9. The number of hydrogen-bond acceptors (Lipinski definition) is 5. The molecule has 5 rings (SSSR count). The Morgan fingerprint density at radius 3 is 2.45 bits per heavy atom. The molecule has 8 heteroatoms. The fourth-order valence-electron chi connectivity index (χ4n) is 5.70. The largest absolute Gasteiger partial charge is 0.403 e. The number of nitrogens with zero attached hydrogens (tertiary/aromatic N) is 3. The number of halogens is 1. The monoisotopic (exact) mass is 607 g/mol. The summed E-state index contributed by atoms with van der Waals surface area (Å²) in [6.07, 6.45) is 6.00. The smallest absolute Gasteiger partial charge is 0.251 e. The standard InChI is InChI=1S/C36H38ClN5O2/c1-5-40(2)34(23-38)36(44,27-13-11-25(12-14-27)24-39-18-17-30-10-7-19-41(30)3)28-15-16-33-32(21-28)31(22-35(43)42(33)4)26-8-6-9-29(37)20-26/h5-16,19-23,39,44H,1,17-18,24,38H2,2-4H3/b34-23-. The zero-order valence-corrected chi connectivity index (χ0v) is 26.1. The second-order valence-corrected chi connectivity index (χ2v) is 11.4. The number of nitrogens with two attached hydrogens (primary N) is 1. The van der Waals surface area contributed by atoms with Crippen LogP contribution in [0.4, 0.5) is 0 Å². The van der Waals surface area contributed by atoms with E-state index in [0.717, 1.165) is 40.6 Å². The highest BCUT2D eigenvalue weighted by molar-refractivity contribution is 6.30. The highest BCUT2D eigenvalue weighted by atomic mass is 35.5. The van der Waals surface area contributed by atoms with Gasteiger partial charge in [0.2, 0.25) is 0 Å². The van der Waals surface area contributed by atoms with Crippen LogP contribution in [0, 0.1) is 0 Å². The van der Waals surface area contributed by atoms with Gasteiger partial charge in [0, 0.05) is 75.2 Å². The summed E-state index contributed by atoms with van der Waals surface area (Å²) in [5.74, 6) is 0. The zero-order valence-electron chi connectivity index (χ0n) is 25.3. The molecule has 0 saturated heterocycles. The van der Waals surface area contributed by atoms with E-state index in [1.165, 1.54) is 11.9 Å². The average Bonchev–Trinajstić information content (AvgIpc) is 3.45. The minimum absolute atomic E-state index is 0.141. The quantitative estimate of drug-likeness (QED) is 0.169. The van der Waals surface area contributed by atoms with Crippen LogP contribution in [-0.2, 0) is 32.7 Å². The van der Waals surface area contributed by atoms with Crippen LogP contribution in [0.25, 0.3) is 22.0 Å². The summed E-state index contributed by atoms with van der Waals surface area (Å²) < 4.78 is 3.73. The van der Waals surface area contributed by atoms with Crippen molar-refractivity contribution < 1.29 is 5.11 Å². The van der Waals surface area contributed by atoms with Gasteiger partial charge in [-0.15, -0.1) is 0 Å². The van der Waals surface area contributed by atoms with Crippen LogP contribution in [0.2, 0.25) is 5.02 Å². The van der Waals surface area contributed by atoms with Gasteiger partial charge >= 0.3 is 0 Å². The summed E-state index contributed by atoms with van der Waals surface area (Å²) >= 11 is 6.33. The number of aliphatic hydroxyl groups is 1. The Bertz CT molecular complexity index is 1890. The first-order valence-electron chi connectivity index (χ1n) is 14.5. The van der Waals surface area contributed by atoms with Crippen molar-refractivity contribution in [2.45, 2.75) is 18.6 Å². The Kier molecular flexibility index (Phi) is 9.11. The number of rotatable bonds is 11. The van der Waals surface area contributed by atoms with Crippen molar-refractivity contribution in [2.75, 3.05) is 13.6 Å². The summed E-state index contributed by atoms with van der Waals surface area (Å²) in [5.41, 5.74) is 10.7. The van der Waals surface area contributed by atoms with E-state index >= 15 is 0 Å². The molecule has 4 N–H and O–H groups in total. The van der Waals surface area contributed by atoms with E-state index in [1.54, 1.807) is 41.9 Å². The van der Waals surface area contributed by atoms with Gasteiger partial charge in [-0.25, -0.2) is 0 Å². The molecule has 226 valence electrons. The number of aromatic nitrogens is 2. The molecule has 7 nitrogen and oxygen atoms in total. The molecule has 2 aromatic heterocycles. The van der Waals surface area contributed by atoms with Crippen LogP contribution >= 0.6 is 11.6 Å². The van der Waals surface area contributed by atoms with E-state index in [0.29, 0.717) is 28.4 Å². The molecule has 0 radical (unpaired) electrons. The van der Waals surface area contributed by atoms with E-state index in [2.05, 4.69) is 41.8 Å². The number of hydrogen-bond donors (Lipinski definition) is 3. The van der Waals surface area contributed by atoms with Crippen molar-refractivity contribution >= 4 is 22.5 Å². The summed E-state index contributed by atoms with van der Waals surface area (Å²) in [5, 5.41) is 17.6. The molecular weight excluding hydrogens is 570 g/mol. The molecule has 0 aliphatic carbocycles. The molecule has 1 unspecified atom stereocenters. The van der Waals surface area contributed by atoms with E-state index in [-0.39, 0.29) is 5.56 Å². The lowest BCUT2D eigenvalue weighted by atomic mass is 9.81. The maximum atomic E-state index is 12.9. The van der Waals surface area contributed by atoms with Gasteiger partial charge in [0.1, 0.15) is 0 Å². The van der Waals surface area contributed by atoms with E-state index in [4.69, 9.17) is 17.3 Å². The van der Waals surface area contributed by atoms with Crippen molar-refractivity contribution in [3.8, 4) is 11.1 Å². The molecule has 44 heavy (non-hydrogen) atoms. The van der Waals surface area contributed by atoms with Crippen molar-refractivity contribution in [1.82, 2.24) is 19.4 Å². The number of benzene rings is 3. The molecule has 0 amide bonds. The minimum atomic E-state index is -1.63. The molecule has 0 aliphatic heterocycles. The van der Waals surface area contributed by atoms with Crippen LogP contribution in [0.5, 0.6) is 0 Å². The fourth-order valence-corrected chi connectivity index (χ4v) is 5.89. The Labute approximate surface area is 263 Å². The Morgan fingerprint density at radius 2 is 1.80 bits per heavy atom. The first-order chi connectivity index (χ1) is 21.2. The van der Waals surface area contributed by atoms with Crippen LogP contribution < -0.4 is 16.6 Å². The lowest BCUT2D eigenvalue weighted by molar-refractivity contribution is 0.0968. The molecular formula is C36H38ClN5O2. The number of pyridine rings is 1. The van der Waals surface area contributed by atoms with Crippen LogP contribution in [0.15, 0.2) is 121 Å². The maximum Gasteiger partial charge on any atom is 0.251 e. The van der Waals surface area contributed by atoms with Gasteiger partial charge < -0.3 is 30.2 Å². The van der Waals surface area contributed by atoms with Gasteiger partial charge in [-0.1, -0.05) is 60.6 Å². The Hall–Kier alpha value is -4.56. The summed E-state index contributed by atoms with van der Waals surface area (Å²) in [6, 6.07) is 26.7. The molecule has 0 spiro atoms. The van der Waals surface area contributed by atoms with Gasteiger partial charge in [0.15, 0.2) is 5.60 Å². The van der Waals surface area contributed by atoms with Gasteiger partial charge in [0.25, 0.3) is 5.56 Å². The van der Waals surface area contributed by atoms with Crippen molar-refractivity contribution in [3.05, 3.63) is 154 Å². The molecule has 2 heterocycles. The molecule has 0 aliphatic rings. The fraction of sp³-hybridized carbons (Fsp3) is 0.194.